The fraction of sp³-hybridized carbons (Fsp3) is 0.520. The summed E-state index contributed by atoms with van der Waals surface area (Å²) in [6.07, 6.45) is 2.86. The Bertz CT molecular complexity index is 1040. The van der Waals surface area contributed by atoms with Gasteiger partial charge in [0.25, 0.3) is 11.9 Å². The molecule has 1 atom stereocenters. The maximum Gasteiger partial charge on any atom is 0.265 e. The summed E-state index contributed by atoms with van der Waals surface area (Å²) in [5.41, 5.74) is 6.07. The van der Waals surface area contributed by atoms with Gasteiger partial charge in [0.2, 0.25) is 0 Å². The first-order valence-corrected chi connectivity index (χ1v) is 13.2. The standard InChI is InChI=1S/C25H34ClN7OS/c1-17-14-22(26)30-19(3)23(17)24(34)29-10-6-18(2)32-11-7-21(8-12-32)33(25(27-4)31-28-5)15-20-9-13-35-16-20/h9,13-14,16,18,21H,6-8,10-12,15H2,1-4H3,(H,27,31)(H,29,34)/t18-/m1/s1. The molecule has 10 heteroatoms. The number of hydrogen-bond acceptors (Lipinski definition) is 5. The number of pyridine rings is 1. The Kier molecular flexibility index (Phi) is 9.90. The molecule has 0 unspecified atom stereocenters. The number of nitrogens with one attached hydrogen (secondary N) is 2. The van der Waals surface area contributed by atoms with Gasteiger partial charge >= 0.3 is 0 Å². The zero-order valence-corrected chi connectivity index (χ0v) is 22.4. The van der Waals surface area contributed by atoms with E-state index in [2.05, 4.69) is 59.2 Å². The highest BCUT2D eigenvalue weighted by Crippen LogP contribution is 2.22. The normalized spacial score (nSPS) is 15.9. The minimum absolute atomic E-state index is 0.0992. The van der Waals surface area contributed by atoms with E-state index in [1.807, 2.05) is 13.8 Å². The van der Waals surface area contributed by atoms with E-state index in [1.54, 1.807) is 24.5 Å². The maximum atomic E-state index is 12.7. The fourth-order valence-corrected chi connectivity index (χ4v) is 5.63. The topological polar surface area (TPSA) is 77.2 Å². The molecule has 2 aromatic rings. The molecule has 2 N–H and O–H groups in total. The summed E-state index contributed by atoms with van der Waals surface area (Å²) < 4.78 is 0. The van der Waals surface area contributed by atoms with Crippen LogP contribution in [0.5, 0.6) is 0 Å². The highest BCUT2D eigenvalue weighted by molar-refractivity contribution is 7.07. The highest BCUT2D eigenvalue weighted by Gasteiger charge is 2.29. The van der Waals surface area contributed by atoms with Crippen molar-refractivity contribution < 1.29 is 4.79 Å². The number of aryl methyl sites for hydroxylation is 2. The lowest BCUT2D eigenvalue weighted by atomic mass is 10.0. The van der Waals surface area contributed by atoms with Crippen molar-refractivity contribution in [2.45, 2.75) is 58.7 Å². The molecular weight excluding hydrogens is 482 g/mol. The van der Waals surface area contributed by atoms with Crippen LogP contribution in [0.3, 0.4) is 0 Å². The number of guanidine groups is 1. The van der Waals surface area contributed by atoms with Crippen LogP contribution in [0.1, 0.15) is 53.4 Å². The first-order valence-electron chi connectivity index (χ1n) is 11.9. The molecule has 0 bridgehead atoms. The smallest absolute Gasteiger partial charge is 0.265 e. The Morgan fingerprint density at radius 2 is 2.17 bits per heavy atom. The number of thiophene rings is 1. The van der Waals surface area contributed by atoms with Crippen LogP contribution in [-0.2, 0) is 6.54 Å². The van der Waals surface area contributed by atoms with Gasteiger partial charge < -0.3 is 15.1 Å². The molecule has 1 aliphatic rings. The second kappa shape index (κ2) is 12.9. The number of aromatic nitrogens is 1. The summed E-state index contributed by atoms with van der Waals surface area (Å²) in [6.45, 7) is 16.4. The molecular formula is C25H34ClN7OS. The third-order valence-electron chi connectivity index (χ3n) is 6.58. The van der Waals surface area contributed by atoms with Crippen molar-refractivity contribution in [1.29, 1.82) is 0 Å². The number of carbonyl (C=O) groups excluding carboxylic acids is 1. The van der Waals surface area contributed by atoms with E-state index in [0.29, 0.717) is 41.0 Å². The molecule has 35 heavy (non-hydrogen) atoms. The molecule has 1 fully saturated rings. The molecule has 0 saturated carbocycles. The number of rotatable bonds is 8. The SMILES string of the molecule is [C-]#[N+]NC(=NC)N(Cc1ccsc1)C1CCN([C@H](C)CCNC(=O)c2c(C)cc(Cl)nc2C)CC1. The summed E-state index contributed by atoms with van der Waals surface area (Å²) >= 11 is 7.67. The van der Waals surface area contributed by atoms with Crippen molar-refractivity contribution >= 4 is 34.8 Å². The van der Waals surface area contributed by atoms with Gasteiger partial charge in [-0.15, -0.1) is 0 Å². The van der Waals surface area contributed by atoms with E-state index >= 15 is 0 Å². The molecule has 0 spiro atoms. The van der Waals surface area contributed by atoms with Gasteiger partial charge in [0.1, 0.15) is 5.15 Å². The second-order valence-corrected chi connectivity index (χ2v) is 10.1. The van der Waals surface area contributed by atoms with Crippen LogP contribution in [0.4, 0.5) is 0 Å². The van der Waals surface area contributed by atoms with Gasteiger partial charge in [-0.25, -0.2) is 4.98 Å². The number of halogens is 1. The Hall–Kier alpha value is -2.67. The lowest BCUT2D eigenvalue weighted by Crippen LogP contribution is -2.51. The van der Waals surface area contributed by atoms with Gasteiger partial charge in [-0.05, 0) is 74.1 Å². The molecule has 188 valence electrons. The van der Waals surface area contributed by atoms with Crippen molar-refractivity contribution in [1.82, 2.24) is 25.5 Å². The van der Waals surface area contributed by atoms with Crippen LogP contribution in [-0.4, -0.2) is 65.4 Å². The zero-order chi connectivity index (χ0) is 25.4. The van der Waals surface area contributed by atoms with Crippen molar-refractivity contribution in [2.75, 3.05) is 26.7 Å². The van der Waals surface area contributed by atoms with Crippen molar-refractivity contribution in [3.05, 3.63) is 62.0 Å². The van der Waals surface area contributed by atoms with E-state index in [1.165, 1.54) is 5.56 Å². The van der Waals surface area contributed by atoms with Crippen LogP contribution in [0.15, 0.2) is 27.9 Å². The fourth-order valence-electron chi connectivity index (χ4n) is 4.68. The molecule has 0 radical (unpaired) electrons. The first kappa shape index (κ1) is 26.9. The highest BCUT2D eigenvalue weighted by atomic mass is 35.5. The van der Waals surface area contributed by atoms with Gasteiger partial charge in [-0.2, -0.15) is 22.9 Å². The van der Waals surface area contributed by atoms with Gasteiger partial charge in [0, 0.05) is 45.3 Å². The van der Waals surface area contributed by atoms with Gasteiger partial charge in [-0.3, -0.25) is 9.79 Å². The lowest BCUT2D eigenvalue weighted by molar-refractivity contribution is 0.0934. The zero-order valence-electron chi connectivity index (χ0n) is 20.8. The second-order valence-electron chi connectivity index (χ2n) is 8.91. The quantitative estimate of drug-likeness (QED) is 0.180. The number of aliphatic imine (C=N–C) groups is 1. The van der Waals surface area contributed by atoms with Gasteiger partial charge in [0.15, 0.2) is 0 Å². The largest absolute Gasteiger partial charge is 0.352 e. The summed E-state index contributed by atoms with van der Waals surface area (Å²) in [7, 11) is 1.72. The predicted octanol–water partition coefficient (Wildman–Crippen LogP) is 4.30. The number of piperidine rings is 1. The van der Waals surface area contributed by atoms with Crippen LogP contribution in [0, 0.1) is 20.4 Å². The number of carbonyl (C=O) groups is 1. The number of nitrogens with zero attached hydrogens (tertiary/aromatic N) is 5. The lowest BCUT2D eigenvalue weighted by Gasteiger charge is -2.41. The van der Waals surface area contributed by atoms with E-state index in [4.69, 9.17) is 18.2 Å². The maximum absolute atomic E-state index is 12.7. The third-order valence-corrected chi connectivity index (χ3v) is 7.50. The molecule has 3 heterocycles. The molecule has 8 nitrogen and oxygen atoms in total. The average molecular weight is 516 g/mol. The van der Waals surface area contributed by atoms with Gasteiger partial charge in [0.05, 0.1) is 11.3 Å². The third kappa shape index (κ3) is 7.17. The molecule has 3 rings (SSSR count). The Balaban J connectivity index is 1.51. The monoisotopic (exact) mass is 515 g/mol. The molecule has 1 saturated heterocycles. The van der Waals surface area contributed by atoms with Crippen molar-refractivity contribution in [3.63, 3.8) is 0 Å². The Labute approximate surface area is 217 Å². The predicted molar refractivity (Wildman–Crippen MR) is 143 cm³/mol. The first-order chi connectivity index (χ1) is 16.8. The minimum Gasteiger partial charge on any atom is -0.352 e. The summed E-state index contributed by atoms with van der Waals surface area (Å²) in [5, 5.41) is 7.68. The number of hydrogen-bond donors (Lipinski definition) is 2. The molecule has 0 aromatic carbocycles. The molecule has 1 amide bonds. The minimum atomic E-state index is -0.0992. The number of amides is 1. The Morgan fingerprint density at radius 3 is 2.77 bits per heavy atom. The Morgan fingerprint density at radius 1 is 1.43 bits per heavy atom. The summed E-state index contributed by atoms with van der Waals surface area (Å²) in [4.78, 5) is 29.3. The van der Waals surface area contributed by atoms with E-state index in [9.17, 15) is 4.79 Å². The van der Waals surface area contributed by atoms with Crippen molar-refractivity contribution in [2.24, 2.45) is 4.99 Å². The summed E-state index contributed by atoms with van der Waals surface area (Å²) in [5.74, 6) is 0.528. The van der Waals surface area contributed by atoms with E-state index < -0.39 is 0 Å². The van der Waals surface area contributed by atoms with Crippen molar-refractivity contribution in [3.8, 4) is 0 Å². The molecule has 0 aliphatic carbocycles. The number of likely N-dealkylation sites (tertiary alicyclic amines) is 1. The average Bonchev–Trinajstić information content (AvgIpc) is 3.34. The van der Waals surface area contributed by atoms with Gasteiger partial charge in [-0.1, -0.05) is 17.0 Å². The van der Waals surface area contributed by atoms with E-state index in [-0.39, 0.29) is 5.91 Å². The molecule has 1 aliphatic heterocycles. The summed E-state index contributed by atoms with van der Waals surface area (Å²) in [6, 6.07) is 4.51. The van der Waals surface area contributed by atoms with Crippen LogP contribution in [0.2, 0.25) is 5.15 Å². The van der Waals surface area contributed by atoms with E-state index in [0.717, 1.165) is 44.5 Å². The van der Waals surface area contributed by atoms with Crippen LogP contribution >= 0.6 is 22.9 Å². The molecule has 2 aromatic heterocycles. The van der Waals surface area contributed by atoms with Crippen LogP contribution in [0.25, 0.3) is 4.95 Å². The van der Waals surface area contributed by atoms with Crippen LogP contribution < -0.4 is 10.7 Å².